The number of nitrogens with one attached hydrogen (secondary N) is 1. The molecular formula is C26H19F6N3O4S. The molecule has 4 rings (SSSR count). The summed E-state index contributed by atoms with van der Waals surface area (Å²) in [6, 6.07) is 5.38. The number of nitrogens with zero attached hydrogens (tertiary/aromatic N) is 2. The fourth-order valence-electron chi connectivity index (χ4n) is 3.79. The molecule has 0 saturated heterocycles. The number of carbonyl (C=O) groups is 2. The molecule has 40 heavy (non-hydrogen) atoms. The van der Waals surface area contributed by atoms with Gasteiger partial charge in [0, 0.05) is 16.3 Å². The van der Waals surface area contributed by atoms with Crippen molar-refractivity contribution in [3.05, 3.63) is 85.6 Å². The van der Waals surface area contributed by atoms with E-state index in [2.05, 4.69) is 10.4 Å². The lowest BCUT2D eigenvalue weighted by Gasteiger charge is -2.14. The number of halogens is 6. The number of anilines is 1. The summed E-state index contributed by atoms with van der Waals surface area (Å²) < 4.78 is 85.7. The first kappa shape index (κ1) is 28.8. The van der Waals surface area contributed by atoms with Gasteiger partial charge in [0.2, 0.25) is 0 Å². The number of carbonyl (C=O) groups excluding carboxylic acids is 2. The van der Waals surface area contributed by atoms with Crippen LogP contribution in [0.2, 0.25) is 0 Å². The van der Waals surface area contributed by atoms with Crippen LogP contribution in [-0.2, 0) is 17.1 Å². The Labute approximate surface area is 226 Å². The molecule has 2 heterocycles. The minimum absolute atomic E-state index is 0.0103. The van der Waals surface area contributed by atoms with E-state index in [0.717, 1.165) is 27.1 Å². The van der Waals surface area contributed by atoms with Gasteiger partial charge in [-0.2, -0.15) is 36.1 Å². The summed E-state index contributed by atoms with van der Waals surface area (Å²) in [6.45, 7) is 5.16. The molecule has 210 valence electrons. The summed E-state index contributed by atoms with van der Waals surface area (Å²) in [4.78, 5) is 39.2. The van der Waals surface area contributed by atoms with Crippen LogP contribution in [0, 0.1) is 13.8 Å². The van der Waals surface area contributed by atoms with Crippen molar-refractivity contribution in [1.29, 1.82) is 0 Å². The Hall–Kier alpha value is -4.20. The van der Waals surface area contributed by atoms with Crippen molar-refractivity contribution in [1.82, 2.24) is 9.78 Å². The van der Waals surface area contributed by atoms with Gasteiger partial charge >= 0.3 is 18.3 Å². The van der Waals surface area contributed by atoms with Gasteiger partial charge in [-0.05, 0) is 62.2 Å². The third kappa shape index (κ3) is 5.57. The molecule has 0 fully saturated rings. The van der Waals surface area contributed by atoms with E-state index in [4.69, 9.17) is 4.74 Å². The Morgan fingerprint density at radius 2 is 1.60 bits per heavy atom. The molecule has 0 bridgehead atoms. The van der Waals surface area contributed by atoms with Gasteiger partial charge in [-0.3, -0.25) is 9.59 Å². The Morgan fingerprint density at radius 3 is 2.15 bits per heavy atom. The second kappa shape index (κ2) is 10.4. The Bertz CT molecular complexity index is 1670. The van der Waals surface area contributed by atoms with Crippen LogP contribution in [0.4, 0.5) is 31.3 Å². The highest BCUT2D eigenvalue weighted by Gasteiger charge is 2.37. The topological polar surface area (TPSA) is 90.3 Å². The molecule has 1 N–H and O–H groups in total. The number of rotatable bonds is 5. The molecule has 0 unspecified atom stereocenters. The number of hydrogen-bond donors (Lipinski definition) is 1. The molecule has 7 nitrogen and oxygen atoms in total. The molecule has 0 aliphatic carbocycles. The quantitative estimate of drug-likeness (QED) is 0.213. The summed E-state index contributed by atoms with van der Waals surface area (Å²) in [7, 11) is 0. The number of amides is 1. The van der Waals surface area contributed by atoms with Gasteiger partial charge in [0.05, 0.1) is 28.8 Å². The number of alkyl halides is 6. The van der Waals surface area contributed by atoms with Gasteiger partial charge in [0.1, 0.15) is 5.00 Å². The van der Waals surface area contributed by atoms with E-state index in [1.807, 2.05) is 6.92 Å². The average molecular weight is 584 g/mol. The molecule has 0 radical (unpaired) electrons. The van der Waals surface area contributed by atoms with Crippen molar-refractivity contribution in [3.8, 4) is 5.69 Å². The zero-order chi connectivity index (χ0) is 29.6. The molecule has 2 aromatic heterocycles. The smallest absolute Gasteiger partial charge is 0.416 e. The van der Waals surface area contributed by atoms with Gasteiger partial charge in [-0.1, -0.05) is 6.07 Å². The predicted octanol–water partition coefficient (Wildman–Crippen LogP) is 6.53. The lowest BCUT2D eigenvalue weighted by Crippen LogP contribution is -2.26. The summed E-state index contributed by atoms with van der Waals surface area (Å²) in [5, 5.41) is 7.26. The van der Waals surface area contributed by atoms with E-state index in [1.54, 1.807) is 32.0 Å². The second-order valence-electron chi connectivity index (χ2n) is 8.66. The van der Waals surface area contributed by atoms with Crippen molar-refractivity contribution in [2.24, 2.45) is 0 Å². The van der Waals surface area contributed by atoms with E-state index >= 15 is 0 Å². The maximum atomic E-state index is 13.5. The van der Waals surface area contributed by atoms with Gasteiger partial charge in [-0.15, -0.1) is 11.3 Å². The number of esters is 1. The number of thiophene rings is 1. The van der Waals surface area contributed by atoms with Gasteiger partial charge < -0.3 is 10.1 Å². The van der Waals surface area contributed by atoms with E-state index in [1.165, 1.54) is 5.38 Å². The standard InChI is InChI=1S/C26H19F6N3O4S/c1-4-39-24(38)20-18-11-40-22(19(18)23(37)35(34-20)17-6-5-12(2)13(3)7-17)33-21(36)14-8-15(25(27,28)29)10-16(9-14)26(30,31)32/h5-11H,4H2,1-3H3,(H,33,36). The van der Waals surface area contributed by atoms with Gasteiger partial charge in [-0.25, -0.2) is 4.79 Å². The van der Waals surface area contributed by atoms with Crippen LogP contribution in [0.15, 0.2) is 46.6 Å². The molecule has 0 atom stereocenters. The van der Waals surface area contributed by atoms with Crippen LogP contribution in [0.5, 0.6) is 0 Å². The number of benzene rings is 2. The highest BCUT2D eigenvalue weighted by molar-refractivity contribution is 7.16. The normalized spacial score (nSPS) is 12.0. The molecule has 0 saturated carbocycles. The molecule has 2 aromatic carbocycles. The van der Waals surface area contributed by atoms with Gasteiger partial charge in [0.15, 0.2) is 5.69 Å². The largest absolute Gasteiger partial charge is 0.461 e. The fraction of sp³-hybridized carbons (Fsp3) is 0.231. The maximum Gasteiger partial charge on any atom is 0.416 e. The summed E-state index contributed by atoms with van der Waals surface area (Å²) in [5.74, 6) is -2.21. The van der Waals surface area contributed by atoms with E-state index in [0.29, 0.717) is 0 Å². The summed E-state index contributed by atoms with van der Waals surface area (Å²) in [5.41, 5.74) is -3.36. The second-order valence-corrected chi connectivity index (χ2v) is 9.54. The highest BCUT2D eigenvalue weighted by atomic mass is 32.1. The zero-order valence-electron chi connectivity index (χ0n) is 21.0. The van der Waals surface area contributed by atoms with E-state index in [-0.39, 0.29) is 52.0 Å². The summed E-state index contributed by atoms with van der Waals surface area (Å²) in [6.07, 6.45) is -10.3. The minimum Gasteiger partial charge on any atom is -0.461 e. The lowest BCUT2D eigenvalue weighted by atomic mass is 10.0. The zero-order valence-corrected chi connectivity index (χ0v) is 21.8. The van der Waals surface area contributed by atoms with Crippen LogP contribution in [0.1, 0.15) is 50.0 Å². The molecular weight excluding hydrogens is 564 g/mol. The van der Waals surface area contributed by atoms with Gasteiger partial charge in [0.25, 0.3) is 11.5 Å². The Kier molecular flexibility index (Phi) is 7.49. The van der Waals surface area contributed by atoms with Crippen LogP contribution in [0.25, 0.3) is 16.5 Å². The van der Waals surface area contributed by atoms with Crippen LogP contribution in [-0.4, -0.2) is 28.3 Å². The minimum atomic E-state index is -5.16. The molecule has 14 heteroatoms. The van der Waals surface area contributed by atoms with Crippen molar-refractivity contribution in [2.45, 2.75) is 33.1 Å². The molecule has 0 aliphatic rings. The third-order valence-electron chi connectivity index (χ3n) is 5.93. The third-order valence-corrected chi connectivity index (χ3v) is 6.83. The van der Waals surface area contributed by atoms with Crippen LogP contribution in [0.3, 0.4) is 0 Å². The van der Waals surface area contributed by atoms with Crippen LogP contribution < -0.4 is 10.9 Å². The molecule has 0 aliphatic heterocycles. The predicted molar refractivity (Wildman–Crippen MR) is 135 cm³/mol. The Morgan fingerprint density at radius 1 is 0.975 bits per heavy atom. The first-order valence-electron chi connectivity index (χ1n) is 11.5. The first-order valence-corrected chi connectivity index (χ1v) is 12.4. The fourth-order valence-corrected chi connectivity index (χ4v) is 4.72. The average Bonchev–Trinajstić information content (AvgIpc) is 3.29. The highest BCUT2D eigenvalue weighted by Crippen LogP contribution is 2.37. The molecule has 4 aromatic rings. The number of hydrogen-bond acceptors (Lipinski definition) is 6. The lowest BCUT2D eigenvalue weighted by molar-refractivity contribution is -0.143. The molecule has 0 spiro atoms. The Balaban J connectivity index is 1.88. The van der Waals surface area contributed by atoms with Crippen molar-refractivity contribution >= 4 is 39.0 Å². The van der Waals surface area contributed by atoms with E-state index in [9.17, 15) is 40.7 Å². The monoisotopic (exact) mass is 583 g/mol. The first-order chi connectivity index (χ1) is 18.6. The number of aryl methyl sites for hydroxylation is 2. The van der Waals surface area contributed by atoms with Crippen molar-refractivity contribution in [3.63, 3.8) is 0 Å². The van der Waals surface area contributed by atoms with Crippen LogP contribution >= 0.6 is 11.3 Å². The number of ether oxygens (including phenoxy) is 1. The SMILES string of the molecule is CCOC(=O)c1nn(-c2ccc(C)c(C)c2)c(=O)c2c(NC(=O)c3cc(C(F)(F)F)cc(C(F)(F)F)c3)scc12. The van der Waals surface area contributed by atoms with Crippen molar-refractivity contribution in [2.75, 3.05) is 11.9 Å². The number of fused-ring (bicyclic) bond motifs is 1. The van der Waals surface area contributed by atoms with Crippen molar-refractivity contribution < 1.29 is 40.7 Å². The van der Waals surface area contributed by atoms with E-state index < -0.39 is 46.5 Å². The maximum absolute atomic E-state index is 13.5. The molecule has 1 amide bonds. The number of aromatic nitrogens is 2. The summed E-state index contributed by atoms with van der Waals surface area (Å²) >= 11 is 0.741.